The van der Waals surface area contributed by atoms with E-state index in [0.29, 0.717) is 6.42 Å². The lowest BCUT2D eigenvalue weighted by Gasteiger charge is -2.52. The molecule has 0 aromatic carbocycles. The van der Waals surface area contributed by atoms with Gasteiger partial charge in [0.25, 0.3) is 0 Å². The number of nitrogens with one attached hydrogen (secondary N) is 1. The van der Waals surface area contributed by atoms with Gasteiger partial charge in [-0.25, -0.2) is 14.2 Å². The third kappa shape index (κ3) is 19.9. The van der Waals surface area contributed by atoms with Gasteiger partial charge in [0, 0.05) is 25.4 Å². The van der Waals surface area contributed by atoms with Crippen LogP contribution in [-0.2, 0) is 85.0 Å². The molecule has 0 aromatic rings. The van der Waals surface area contributed by atoms with E-state index in [0.717, 1.165) is 58.8 Å². The molecule has 29 unspecified atom stereocenters. The van der Waals surface area contributed by atoms with Crippen molar-refractivity contribution in [2.24, 2.45) is 46.6 Å². The van der Waals surface area contributed by atoms with E-state index in [1.54, 1.807) is 6.08 Å². The number of allylic oxidation sites excluding steroid dienone is 1. The van der Waals surface area contributed by atoms with Crippen LogP contribution in [0.4, 0.5) is 4.79 Å². The Hall–Kier alpha value is -4.37. The minimum absolute atomic E-state index is 0.356. The van der Waals surface area contributed by atoms with Crippen LogP contribution < -0.4 is 28.3 Å². The van der Waals surface area contributed by atoms with Gasteiger partial charge in [0.15, 0.2) is 55.7 Å². The van der Waals surface area contributed by atoms with Crippen LogP contribution in [0.5, 0.6) is 0 Å². The summed E-state index contributed by atoms with van der Waals surface area (Å²) < 4.78 is 82.0. The van der Waals surface area contributed by atoms with Gasteiger partial charge in [-0.3, -0.25) is 28.2 Å². The molecule has 23 N–H and O–H groups in total. The predicted octanol–water partition coefficient (Wildman–Crippen LogP) is -7.74. The third-order valence-corrected chi connectivity index (χ3v) is 17.9. The van der Waals surface area contributed by atoms with Crippen molar-refractivity contribution < 1.29 is 161 Å². The number of hydrogen-bond donors (Lipinski definition) is 19. The molecule has 5 amide bonds. The average molecular weight is 1370 g/mol. The molecule has 5 rings (SSSR count). The Labute approximate surface area is 532 Å². The largest absolute Gasteiger partial charge is 0.479 e. The van der Waals surface area contributed by atoms with Crippen LogP contribution in [0.1, 0.15) is 79.1 Å². The number of unbranched alkanes of at least 4 members (excludes halogenated alkanes) is 6. The highest BCUT2D eigenvalue weighted by atomic mass is 31.2. The molecule has 0 bridgehead atoms. The van der Waals surface area contributed by atoms with E-state index < -0.39 is 247 Å². The number of primary amides is 4. The fourth-order valence-corrected chi connectivity index (χ4v) is 12.6. The first-order valence-corrected chi connectivity index (χ1v) is 31.6. The lowest BCUT2D eigenvalue weighted by Crippen LogP contribution is -2.72. The minimum Gasteiger partial charge on any atom is -0.479 e. The molecule has 5 fully saturated rings. The zero-order valence-corrected chi connectivity index (χ0v) is 52.3. The highest BCUT2D eigenvalue weighted by molar-refractivity contribution is 7.47. The van der Waals surface area contributed by atoms with Gasteiger partial charge in [0.05, 0.1) is 50.7 Å². The van der Waals surface area contributed by atoms with Gasteiger partial charge in [0.1, 0.15) is 78.8 Å². The molecule has 30 atom stereocenters. The average Bonchev–Trinajstić information content (AvgIpc) is 0.759. The van der Waals surface area contributed by atoms with Gasteiger partial charge in [-0.2, -0.15) is 0 Å². The van der Waals surface area contributed by atoms with Crippen LogP contribution in [0, 0.1) is 23.7 Å². The van der Waals surface area contributed by atoms with Crippen molar-refractivity contribution in [1.82, 2.24) is 5.32 Å². The van der Waals surface area contributed by atoms with Gasteiger partial charge < -0.3 is 147 Å². The SMILES string of the molecule is C=CC(CCCCCCCCC)C(CO)CO[C@H](COP(=O)(O)OC1OC(C(N)=O)C(C)(O)C(OC(N)=O)C1OC1OC(COC2OC(CO)C(O)C(O)C2O)C(OC2C(C)C(OC3OC(C(N)=O)C(O)C(O)C3O)C(C(N)=O)C(O)C2O)C(O)C1NC(C)=O)C(=O)O. The maximum absolute atomic E-state index is 14.0. The Bertz CT molecular complexity index is 2510. The number of ether oxygens (including phenoxy) is 10. The Balaban J connectivity index is 1.53. The fraction of sp³-hybridized carbons (Fsp3) is 0.852. The van der Waals surface area contributed by atoms with Crippen LogP contribution in [0.15, 0.2) is 12.7 Å². The first-order chi connectivity index (χ1) is 43.6. The predicted molar refractivity (Wildman–Crippen MR) is 304 cm³/mol. The number of nitrogens with two attached hydrogens (primary N) is 4. The lowest BCUT2D eigenvalue weighted by molar-refractivity contribution is -0.365. The summed E-state index contributed by atoms with van der Waals surface area (Å²) in [6, 6.07) is -2.13. The molecule has 4 saturated heterocycles. The summed E-state index contributed by atoms with van der Waals surface area (Å²) in [7, 11) is -5.88. The van der Waals surface area contributed by atoms with E-state index in [1.807, 2.05) is 0 Å². The zero-order valence-electron chi connectivity index (χ0n) is 51.4. The topological polar surface area (TPSA) is 630 Å². The number of hydrogen-bond acceptors (Lipinski definition) is 31. The van der Waals surface area contributed by atoms with Crippen molar-refractivity contribution in [1.29, 1.82) is 0 Å². The molecule has 4 heterocycles. The van der Waals surface area contributed by atoms with E-state index in [2.05, 4.69) is 18.8 Å². The summed E-state index contributed by atoms with van der Waals surface area (Å²) in [4.78, 5) is 87.9. The van der Waals surface area contributed by atoms with Crippen molar-refractivity contribution in [2.75, 3.05) is 33.0 Å². The number of carbonyl (C=O) groups excluding carboxylic acids is 5. The molecule has 39 heteroatoms. The number of carboxylic acid groups (broad SMARTS) is 1. The summed E-state index contributed by atoms with van der Waals surface area (Å²) in [6.07, 6.45) is -43.0. The zero-order chi connectivity index (χ0) is 69.7. The first kappa shape index (κ1) is 79.3. The summed E-state index contributed by atoms with van der Waals surface area (Å²) in [5, 5.41) is 145. The van der Waals surface area contributed by atoms with Gasteiger partial charge in [-0.15, -0.1) is 6.58 Å². The molecular formula is C54H92N5O33P. The quantitative estimate of drug-likeness (QED) is 0.0159. The van der Waals surface area contributed by atoms with E-state index in [-0.39, 0.29) is 5.92 Å². The van der Waals surface area contributed by atoms with Crippen molar-refractivity contribution in [2.45, 2.75) is 232 Å². The Morgan fingerprint density at radius 2 is 1.28 bits per heavy atom. The summed E-state index contributed by atoms with van der Waals surface area (Å²) >= 11 is 0. The minimum atomic E-state index is -5.88. The summed E-state index contributed by atoms with van der Waals surface area (Å²) in [6.45, 7) is 4.47. The van der Waals surface area contributed by atoms with Crippen LogP contribution >= 0.6 is 7.82 Å². The van der Waals surface area contributed by atoms with Crippen LogP contribution in [0.25, 0.3) is 0 Å². The first-order valence-electron chi connectivity index (χ1n) is 30.1. The van der Waals surface area contributed by atoms with E-state index in [1.165, 1.54) is 6.92 Å². The Morgan fingerprint density at radius 1 is 0.677 bits per heavy atom. The summed E-state index contributed by atoms with van der Waals surface area (Å²) in [5.41, 5.74) is 19.1. The lowest BCUT2D eigenvalue weighted by atomic mass is 9.73. The molecule has 38 nitrogen and oxygen atoms in total. The number of aliphatic carboxylic acids is 1. The van der Waals surface area contributed by atoms with Crippen molar-refractivity contribution in [3.8, 4) is 0 Å². The number of carbonyl (C=O) groups is 6. The second-order valence-electron chi connectivity index (χ2n) is 23.8. The number of aliphatic hydroxyl groups excluding tert-OH is 11. The highest BCUT2D eigenvalue weighted by Gasteiger charge is 2.63. The van der Waals surface area contributed by atoms with Crippen molar-refractivity contribution in [3.05, 3.63) is 12.7 Å². The van der Waals surface area contributed by atoms with Gasteiger partial charge in [-0.05, 0) is 19.3 Å². The number of rotatable bonds is 35. The number of carboxylic acids is 1. The Morgan fingerprint density at radius 3 is 1.84 bits per heavy atom. The van der Waals surface area contributed by atoms with Crippen molar-refractivity contribution >= 4 is 43.5 Å². The smallest absolute Gasteiger partial charge is 0.474 e. The molecule has 0 spiro atoms. The molecule has 93 heavy (non-hydrogen) atoms. The number of amides is 5. The van der Waals surface area contributed by atoms with Crippen molar-refractivity contribution in [3.63, 3.8) is 0 Å². The number of phosphoric acid groups is 1. The second kappa shape index (κ2) is 35.2. The number of aliphatic hydroxyl groups is 12. The standard InChI is InChI=1S/C54H92N5O33P/c1-6-8-9-10-11-12-13-14-22(7-2)23(15-60)17-81-26(48(75)76)19-83-93(79,80)92-52-42(43(91-53(58)77)54(5,78)44(90-52)47(57)74)89-49-28(59-21(4)62)31(65)40(25(85-49)18-82-50-36(70)32(66)29(63)24(16-61)84-50)86-39-20(3)38(27(45(55)72)30(64)34(39)68)87-51-37(71)33(67)35(69)41(88-51)46(56)73/h7,20,22-44,49-52,60-61,63-71,78H,2,6,8-19H2,1,3-5H3,(H2,55,72)(H2,56,73)(H2,57,74)(H2,58,77)(H,59,62)(H,75,76)(H,79,80)/t20?,22?,23?,24?,25?,26-,27?,28?,29?,30?,31?,32?,33?,34?,35?,36?,37?,38?,39?,40?,41?,42?,43?,44?,49?,50?,51?,52?,54?/m1/s1. The van der Waals surface area contributed by atoms with E-state index in [9.17, 15) is 105 Å². The molecular weight excluding hydrogens is 1280 g/mol. The third-order valence-electron chi connectivity index (χ3n) is 17.0. The second-order valence-corrected chi connectivity index (χ2v) is 25.2. The molecule has 1 aliphatic carbocycles. The van der Waals surface area contributed by atoms with Crippen LogP contribution in [0.2, 0.25) is 0 Å². The maximum atomic E-state index is 14.0. The summed E-state index contributed by atoms with van der Waals surface area (Å²) in [5.74, 6) is -11.7. The van der Waals surface area contributed by atoms with E-state index in [4.69, 9.17) is 79.4 Å². The van der Waals surface area contributed by atoms with E-state index >= 15 is 0 Å². The molecule has 4 aliphatic heterocycles. The Kier molecular flexibility index (Phi) is 30.0. The molecule has 5 aliphatic rings. The van der Waals surface area contributed by atoms with Crippen LogP contribution in [0.3, 0.4) is 0 Å². The monoisotopic (exact) mass is 1370 g/mol. The van der Waals surface area contributed by atoms with Gasteiger partial charge in [-0.1, -0.05) is 64.9 Å². The number of phosphoric ester groups is 1. The van der Waals surface area contributed by atoms with Crippen LogP contribution in [-0.4, -0.2) is 293 Å². The maximum Gasteiger partial charge on any atom is 0.474 e. The molecule has 536 valence electrons. The van der Waals surface area contributed by atoms with Gasteiger partial charge >= 0.3 is 19.9 Å². The molecule has 1 saturated carbocycles. The van der Waals surface area contributed by atoms with Gasteiger partial charge in [0.2, 0.25) is 23.6 Å². The highest BCUT2D eigenvalue weighted by Crippen LogP contribution is 2.49. The normalized spacial score (nSPS) is 39.7. The fourth-order valence-electron chi connectivity index (χ4n) is 11.8. The molecule has 0 radical (unpaired) electrons. The molecule has 0 aromatic heterocycles.